The van der Waals surface area contributed by atoms with Gasteiger partial charge in [0.05, 0.1) is 5.75 Å². The largest absolute Gasteiger partial charge is 0.507 e. The normalized spacial score (nSPS) is 19.7. The highest BCUT2D eigenvalue weighted by Crippen LogP contribution is 2.23. The van der Waals surface area contributed by atoms with Crippen molar-refractivity contribution in [2.45, 2.75) is 6.23 Å². The molecule has 1 heterocycles. The maximum atomic E-state index is 10.3. The van der Waals surface area contributed by atoms with Crippen molar-refractivity contribution in [1.82, 2.24) is 0 Å². The first-order valence-electron chi connectivity index (χ1n) is 4.41. The zero-order valence-electron chi connectivity index (χ0n) is 7.79. The van der Waals surface area contributed by atoms with Gasteiger partial charge in [-0.15, -0.1) is 11.8 Å². The van der Waals surface area contributed by atoms with Crippen LogP contribution < -0.4 is 0 Å². The summed E-state index contributed by atoms with van der Waals surface area (Å²) in [4.78, 5) is 14.5. The van der Waals surface area contributed by atoms with E-state index in [1.807, 2.05) is 30.3 Å². The Morgan fingerprint density at radius 1 is 1.47 bits per heavy atom. The molecule has 0 saturated heterocycles. The second-order valence-electron chi connectivity index (χ2n) is 2.95. The minimum Gasteiger partial charge on any atom is -0.450 e. The van der Waals surface area contributed by atoms with Gasteiger partial charge in [0.2, 0.25) is 6.23 Å². The molecule has 0 aliphatic carbocycles. The first-order valence-corrected chi connectivity index (χ1v) is 5.40. The monoisotopic (exact) mass is 223 g/mol. The molecule has 1 aliphatic rings. The molecule has 1 aliphatic heterocycles. The highest BCUT2D eigenvalue weighted by Gasteiger charge is 2.22. The molecule has 0 aromatic heterocycles. The van der Waals surface area contributed by atoms with Crippen molar-refractivity contribution in [3.63, 3.8) is 0 Å². The summed E-state index contributed by atoms with van der Waals surface area (Å²) in [5.41, 5.74) is 0.999. The predicted octanol–water partition coefficient (Wildman–Crippen LogP) is 2.20. The molecule has 0 amide bonds. The Bertz CT molecular complexity index is 391. The minimum atomic E-state index is -1.28. The van der Waals surface area contributed by atoms with Crippen molar-refractivity contribution >= 4 is 23.0 Å². The SMILES string of the molecule is O=C(O)OC1CSC(c2ccccc2)=N1. The molecular formula is C10H9NO3S. The molecule has 1 aromatic rings. The molecule has 1 aromatic carbocycles. The molecule has 2 rings (SSSR count). The summed E-state index contributed by atoms with van der Waals surface area (Å²) in [5, 5.41) is 9.27. The molecule has 78 valence electrons. The first kappa shape index (κ1) is 10.0. The number of thioether (sulfide) groups is 1. The summed E-state index contributed by atoms with van der Waals surface area (Å²) in [6.07, 6.45) is -1.85. The second kappa shape index (κ2) is 4.35. The third-order valence-corrected chi connectivity index (χ3v) is 2.95. The first-order chi connectivity index (χ1) is 7.25. The number of aliphatic imine (C=N–C) groups is 1. The van der Waals surface area contributed by atoms with Crippen molar-refractivity contribution < 1.29 is 14.6 Å². The van der Waals surface area contributed by atoms with E-state index in [1.165, 1.54) is 11.8 Å². The average molecular weight is 223 g/mol. The molecule has 0 saturated carbocycles. The standard InChI is InChI=1S/C10H9NO3S/c12-10(13)14-8-6-15-9(11-8)7-4-2-1-3-5-7/h1-5,8H,6H2,(H,12,13). The van der Waals surface area contributed by atoms with Gasteiger partial charge in [-0.05, 0) is 0 Å². The molecule has 1 N–H and O–H groups in total. The van der Waals surface area contributed by atoms with Gasteiger partial charge < -0.3 is 9.84 Å². The Hall–Kier alpha value is -1.49. The lowest BCUT2D eigenvalue weighted by Crippen LogP contribution is -2.13. The Morgan fingerprint density at radius 3 is 2.87 bits per heavy atom. The van der Waals surface area contributed by atoms with E-state index in [4.69, 9.17) is 5.11 Å². The van der Waals surface area contributed by atoms with Gasteiger partial charge in [-0.1, -0.05) is 30.3 Å². The van der Waals surface area contributed by atoms with Crippen LogP contribution in [0.5, 0.6) is 0 Å². The lowest BCUT2D eigenvalue weighted by atomic mass is 10.2. The van der Waals surface area contributed by atoms with Crippen LogP contribution in [0.25, 0.3) is 0 Å². The summed E-state index contributed by atoms with van der Waals surface area (Å²) in [5.74, 6) is 0.552. The van der Waals surface area contributed by atoms with E-state index in [1.54, 1.807) is 0 Å². The van der Waals surface area contributed by atoms with Crippen molar-refractivity contribution in [2.24, 2.45) is 4.99 Å². The number of ether oxygens (including phenoxy) is 1. The van der Waals surface area contributed by atoms with Crippen LogP contribution >= 0.6 is 11.8 Å². The van der Waals surface area contributed by atoms with Crippen molar-refractivity contribution in [2.75, 3.05) is 5.75 Å². The Morgan fingerprint density at radius 2 is 2.20 bits per heavy atom. The molecule has 0 radical (unpaired) electrons. The van der Waals surface area contributed by atoms with Gasteiger partial charge >= 0.3 is 6.16 Å². The Labute approximate surface area is 91.0 Å². The van der Waals surface area contributed by atoms with Gasteiger partial charge in [-0.3, -0.25) is 0 Å². The number of hydrogen-bond acceptors (Lipinski definition) is 4. The number of benzene rings is 1. The van der Waals surface area contributed by atoms with Crippen LogP contribution in [0.2, 0.25) is 0 Å². The summed E-state index contributed by atoms with van der Waals surface area (Å²) in [7, 11) is 0. The fraction of sp³-hybridized carbons (Fsp3) is 0.200. The van der Waals surface area contributed by atoms with Crippen molar-refractivity contribution in [3.05, 3.63) is 35.9 Å². The molecule has 4 nitrogen and oxygen atoms in total. The van der Waals surface area contributed by atoms with Gasteiger partial charge in [-0.25, -0.2) is 9.79 Å². The molecular weight excluding hydrogens is 214 g/mol. The molecule has 1 atom stereocenters. The van der Waals surface area contributed by atoms with E-state index in [9.17, 15) is 4.79 Å². The third-order valence-electron chi connectivity index (χ3n) is 1.88. The molecule has 0 spiro atoms. The zero-order chi connectivity index (χ0) is 10.7. The maximum Gasteiger partial charge on any atom is 0.507 e. The van der Waals surface area contributed by atoms with E-state index in [0.717, 1.165) is 10.6 Å². The summed E-state index contributed by atoms with van der Waals surface area (Å²) in [6.45, 7) is 0. The van der Waals surface area contributed by atoms with Crippen LogP contribution in [-0.4, -0.2) is 28.3 Å². The molecule has 0 fully saturated rings. The highest BCUT2D eigenvalue weighted by molar-refractivity contribution is 8.14. The average Bonchev–Trinajstić information content (AvgIpc) is 2.67. The number of carbonyl (C=O) groups is 1. The lowest BCUT2D eigenvalue weighted by Gasteiger charge is -2.02. The van der Waals surface area contributed by atoms with Gasteiger partial charge in [0.1, 0.15) is 5.04 Å². The van der Waals surface area contributed by atoms with Crippen LogP contribution in [-0.2, 0) is 4.74 Å². The van der Waals surface area contributed by atoms with Crippen LogP contribution in [0, 0.1) is 0 Å². The molecule has 0 bridgehead atoms. The van der Waals surface area contributed by atoms with Gasteiger partial charge in [-0.2, -0.15) is 0 Å². The number of carboxylic acid groups (broad SMARTS) is 1. The van der Waals surface area contributed by atoms with E-state index in [-0.39, 0.29) is 0 Å². The van der Waals surface area contributed by atoms with Crippen LogP contribution in [0.3, 0.4) is 0 Å². The van der Waals surface area contributed by atoms with Crippen LogP contribution in [0.1, 0.15) is 5.56 Å². The fourth-order valence-electron chi connectivity index (χ4n) is 1.27. The molecule has 5 heteroatoms. The molecule has 1 unspecified atom stereocenters. The van der Waals surface area contributed by atoms with Crippen LogP contribution in [0.15, 0.2) is 35.3 Å². The maximum absolute atomic E-state index is 10.3. The summed E-state index contributed by atoms with van der Waals surface area (Å²) in [6, 6.07) is 9.65. The van der Waals surface area contributed by atoms with Crippen molar-refractivity contribution in [1.29, 1.82) is 0 Å². The van der Waals surface area contributed by atoms with Gasteiger partial charge in [0.25, 0.3) is 0 Å². The van der Waals surface area contributed by atoms with E-state index in [2.05, 4.69) is 9.73 Å². The predicted molar refractivity (Wildman–Crippen MR) is 58.3 cm³/mol. The van der Waals surface area contributed by atoms with Gasteiger partial charge in [0.15, 0.2) is 0 Å². The molecule has 15 heavy (non-hydrogen) atoms. The number of hydrogen-bond donors (Lipinski definition) is 1. The van der Waals surface area contributed by atoms with Crippen LogP contribution in [0.4, 0.5) is 4.79 Å². The van der Waals surface area contributed by atoms with E-state index < -0.39 is 12.4 Å². The van der Waals surface area contributed by atoms with E-state index in [0.29, 0.717) is 5.75 Å². The lowest BCUT2D eigenvalue weighted by molar-refractivity contribution is 0.0651. The Balaban J connectivity index is 2.10. The highest BCUT2D eigenvalue weighted by atomic mass is 32.2. The minimum absolute atomic E-state index is 0.552. The summed E-state index contributed by atoms with van der Waals surface area (Å²) >= 11 is 1.51. The quantitative estimate of drug-likeness (QED) is 0.781. The van der Waals surface area contributed by atoms with Crippen molar-refractivity contribution in [3.8, 4) is 0 Å². The third kappa shape index (κ3) is 2.50. The zero-order valence-corrected chi connectivity index (χ0v) is 8.61. The van der Waals surface area contributed by atoms with Gasteiger partial charge in [0, 0.05) is 5.56 Å². The topological polar surface area (TPSA) is 58.9 Å². The summed E-state index contributed by atoms with van der Waals surface area (Å²) < 4.78 is 4.57. The number of nitrogens with zero attached hydrogens (tertiary/aromatic N) is 1. The Kier molecular flexibility index (Phi) is 2.91. The number of rotatable bonds is 2. The second-order valence-corrected chi connectivity index (χ2v) is 3.96. The van der Waals surface area contributed by atoms with E-state index >= 15 is 0 Å². The fourth-order valence-corrected chi connectivity index (χ4v) is 2.21. The smallest absolute Gasteiger partial charge is 0.450 e.